The number of hydrogen-bond donors (Lipinski definition) is 2. The number of nitrogens with one attached hydrogen (secondary N) is 1. The summed E-state index contributed by atoms with van der Waals surface area (Å²) >= 11 is 0. The maximum Gasteiger partial charge on any atom is 0.244 e. The SMILES string of the molecule is CCCOc1ccccc1/C=C/C(=O)NCCOCCO. The molecule has 0 aromatic heterocycles. The molecular formula is C16H23NO4. The second-order valence-electron chi connectivity index (χ2n) is 4.35. The van der Waals surface area contributed by atoms with Gasteiger partial charge in [0.1, 0.15) is 5.75 Å². The molecule has 0 saturated heterocycles. The Kier molecular flexibility index (Phi) is 8.91. The first-order valence-corrected chi connectivity index (χ1v) is 7.14. The summed E-state index contributed by atoms with van der Waals surface area (Å²) < 4.78 is 10.7. The van der Waals surface area contributed by atoms with Crippen LogP contribution in [0.3, 0.4) is 0 Å². The van der Waals surface area contributed by atoms with Crippen LogP contribution in [0, 0.1) is 0 Å². The van der Waals surface area contributed by atoms with Crippen LogP contribution in [-0.4, -0.2) is 44.0 Å². The van der Waals surface area contributed by atoms with Crippen LogP contribution < -0.4 is 10.1 Å². The molecular weight excluding hydrogens is 270 g/mol. The summed E-state index contributed by atoms with van der Waals surface area (Å²) in [6, 6.07) is 7.59. The monoisotopic (exact) mass is 293 g/mol. The molecule has 21 heavy (non-hydrogen) atoms. The van der Waals surface area contributed by atoms with E-state index in [0.717, 1.165) is 17.7 Å². The van der Waals surface area contributed by atoms with Crippen LogP contribution in [0.25, 0.3) is 6.08 Å². The zero-order chi connectivity index (χ0) is 15.3. The number of rotatable bonds is 10. The number of ether oxygens (including phenoxy) is 2. The summed E-state index contributed by atoms with van der Waals surface area (Å²) in [5.41, 5.74) is 0.873. The molecule has 0 fully saturated rings. The van der Waals surface area contributed by atoms with Crippen LogP contribution in [0.1, 0.15) is 18.9 Å². The largest absolute Gasteiger partial charge is 0.493 e. The van der Waals surface area contributed by atoms with Crippen molar-refractivity contribution in [1.82, 2.24) is 5.32 Å². The first-order valence-electron chi connectivity index (χ1n) is 7.14. The van der Waals surface area contributed by atoms with Gasteiger partial charge >= 0.3 is 0 Å². The average Bonchev–Trinajstić information content (AvgIpc) is 2.51. The topological polar surface area (TPSA) is 67.8 Å². The lowest BCUT2D eigenvalue weighted by Gasteiger charge is -2.07. The van der Waals surface area contributed by atoms with Crippen LogP contribution in [0.4, 0.5) is 0 Å². The van der Waals surface area contributed by atoms with Crippen molar-refractivity contribution >= 4 is 12.0 Å². The summed E-state index contributed by atoms with van der Waals surface area (Å²) in [6.07, 6.45) is 4.14. The van der Waals surface area contributed by atoms with Gasteiger partial charge in [-0.15, -0.1) is 0 Å². The molecule has 0 radical (unpaired) electrons. The Morgan fingerprint density at radius 2 is 2.10 bits per heavy atom. The molecule has 0 atom stereocenters. The van der Waals surface area contributed by atoms with Crippen molar-refractivity contribution in [2.45, 2.75) is 13.3 Å². The maximum absolute atomic E-state index is 11.6. The Morgan fingerprint density at radius 1 is 1.29 bits per heavy atom. The number of aliphatic hydroxyl groups excluding tert-OH is 1. The number of amides is 1. The van der Waals surface area contributed by atoms with Crippen molar-refractivity contribution in [2.75, 3.05) is 33.0 Å². The van der Waals surface area contributed by atoms with Gasteiger partial charge in [-0.1, -0.05) is 25.1 Å². The molecule has 0 heterocycles. The molecule has 1 rings (SSSR count). The van der Waals surface area contributed by atoms with Gasteiger partial charge < -0.3 is 19.9 Å². The number of aliphatic hydroxyl groups is 1. The molecule has 0 spiro atoms. The molecule has 0 aliphatic carbocycles. The molecule has 5 heteroatoms. The number of hydrogen-bond acceptors (Lipinski definition) is 4. The lowest BCUT2D eigenvalue weighted by Crippen LogP contribution is -2.25. The Labute approximate surface area is 125 Å². The number of para-hydroxylation sites is 1. The van der Waals surface area contributed by atoms with Gasteiger partial charge in [0, 0.05) is 18.2 Å². The molecule has 116 valence electrons. The molecule has 5 nitrogen and oxygen atoms in total. The summed E-state index contributed by atoms with van der Waals surface area (Å²) in [7, 11) is 0. The molecule has 0 bridgehead atoms. The molecule has 0 aliphatic heterocycles. The van der Waals surface area contributed by atoms with Crippen LogP contribution in [0.5, 0.6) is 5.75 Å². The van der Waals surface area contributed by atoms with Gasteiger partial charge in [-0.2, -0.15) is 0 Å². The zero-order valence-electron chi connectivity index (χ0n) is 12.4. The van der Waals surface area contributed by atoms with Crippen molar-refractivity contribution < 1.29 is 19.4 Å². The van der Waals surface area contributed by atoms with E-state index in [-0.39, 0.29) is 19.1 Å². The highest BCUT2D eigenvalue weighted by Gasteiger charge is 2.00. The van der Waals surface area contributed by atoms with Gasteiger partial charge in [0.2, 0.25) is 5.91 Å². The fraction of sp³-hybridized carbons (Fsp3) is 0.438. The van der Waals surface area contributed by atoms with Crippen molar-refractivity contribution in [3.63, 3.8) is 0 Å². The minimum Gasteiger partial charge on any atom is -0.493 e. The van der Waals surface area contributed by atoms with Gasteiger partial charge in [-0.05, 0) is 18.6 Å². The van der Waals surface area contributed by atoms with Crippen molar-refractivity contribution in [3.05, 3.63) is 35.9 Å². The van der Waals surface area contributed by atoms with Gasteiger partial charge in [0.25, 0.3) is 0 Å². The van der Waals surface area contributed by atoms with Crippen LogP contribution in [0.15, 0.2) is 30.3 Å². The van der Waals surface area contributed by atoms with E-state index in [2.05, 4.69) is 5.32 Å². The van der Waals surface area contributed by atoms with Crippen LogP contribution in [-0.2, 0) is 9.53 Å². The smallest absolute Gasteiger partial charge is 0.244 e. The second-order valence-corrected chi connectivity index (χ2v) is 4.35. The first kappa shape index (κ1) is 17.2. The van der Waals surface area contributed by atoms with E-state index in [9.17, 15) is 4.79 Å². The van der Waals surface area contributed by atoms with E-state index in [1.807, 2.05) is 31.2 Å². The first-order chi connectivity index (χ1) is 10.3. The normalized spacial score (nSPS) is 10.8. The fourth-order valence-corrected chi connectivity index (χ4v) is 1.60. The molecule has 1 aromatic rings. The highest BCUT2D eigenvalue weighted by molar-refractivity contribution is 5.92. The molecule has 0 unspecified atom stereocenters. The third-order valence-corrected chi connectivity index (χ3v) is 2.58. The summed E-state index contributed by atoms with van der Waals surface area (Å²) in [5.74, 6) is 0.586. The Hall–Kier alpha value is -1.85. The molecule has 0 aliphatic rings. The third kappa shape index (κ3) is 7.48. The number of carbonyl (C=O) groups is 1. The number of carbonyl (C=O) groups excluding carboxylic acids is 1. The number of benzene rings is 1. The van der Waals surface area contributed by atoms with E-state index in [4.69, 9.17) is 14.6 Å². The maximum atomic E-state index is 11.6. The molecule has 1 aromatic carbocycles. The standard InChI is InChI=1S/C16H23NO4/c1-2-11-21-15-6-4-3-5-14(15)7-8-16(19)17-9-12-20-13-10-18/h3-8,18H,2,9-13H2,1H3,(H,17,19)/b8-7+. The van der Waals surface area contributed by atoms with E-state index in [1.54, 1.807) is 6.08 Å². The lowest BCUT2D eigenvalue weighted by atomic mass is 10.2. The van der Waals surface area contributed by atoms with E-state index in [0.29, 0.717) is 19.8 Å². The van der Waals surface area contributed by atoms with E-state index >= 15 is 0 Å². The van der Waals surface area contributed by atoms with Crippen LogP contribution in [0.2, 0.25) is 0 Å². The molecule has 1 amide bonds. The Bertz CT molecular complexity index is 446. The highest BCUT2D eigenvalue weighted by atomic mass is 16.5. The Morgan fingerprint density at radius 3 is 2.86 bits per heavy atom. The average molecular weight is 293 g/mol. The summed E-state index contributed by atoms with van der Waals surface area (Å²) in [4.78, 5) is 11.6. The minimum atomic E-state index is -0.187. The highest BCUT2D eigenvalue weighted by Crippen LogP contribution is 2.19. The molecule has 2 N–H and O–H groups in total. The van der Waals surface area contributed by atoms with Gasteiger partial charge in [-0.3, -0.25) is 4.79 Å². The van der Waals surface area contributed by atoms with Crippen molar-refractivity contribution in [3.8, 4) is 5.75 Å². The zero-order valence-corrected chi connectivity index (χ0v) is 12.4. The van der Waals surface area contributed by atoms with Crippen molar-refractivity contribution in [1.29, 1.82) is 0 Å². The third-order valence-electron chi connectivity index (χ3n) is 2.58. The predicted octanol–water partition coefficient (Wildman–Crippen LogP) is 1.61. The summed E-state index contributed by atoms with van der Waals surface area (Å²) in [6.45, 7) is 3.77. The fourth-order valence-electron chi connectivity index (χ4n) is 1.60. The van der Waals surface area contributed by atoms with Gasteiger partial charge in [0.05, 0.1) is 26.4 Å². The molecule has 0 saturated carbocycles. The summed E-state index contributed by atoms with van der Waals surface area (Å²) in [5, 5.41) is 11.2. The van der Waals surface area contributed by atoms with Crippen LogP contribution >= 0.6 is 0 Å². The van der Waals surface area contributed by atoms with Gasteiger partial charge in [0.15, 0.2) is 0 Å². The van der Waals surface area contributed by atoms with E-state index < -0.39 is 0 Å². The second kappa shape index (κ2) is 10.9. The van der Waals surface area contributed by atoms with E-state index in [1.165, 1.54) is 6.08 Å². The van der Waals surface area contributed by atoms with Crippen molar-refractivity contribution in [2.24, 2.45) is 0 Å². The quantitative estimate of drug-likeness (QED) is 0.508. The van der Waals surface area contributed by atoms with Gasteiger partial charge in [-0.25, -0.2) is 0 Å². The lowest BCUT2D eigenvalue weighted by molar-refractivity contribution is -0.116. The predicted molar refractivity (Wildman–Crippen MR) is 82.2 cm³/mol. The minimum absolute atomic E-state index is 0.0115. The Balaban J connectivity index is 2.42.